The molecule has 50 heavy (non-hydrogen) atoms. The molecular formula is C37H40BrF4N3O4S. The van der Waals surface area contributed by atoms with Crippen molar-refractivity contribution in [3.63, 3.8) is 0 Å². The molecule has 2 aliphatic carbocycles. The highest BCUT2D eigenvalue weighted by Crippen LogP contribution is 2.37. The van der Waals surface area contributed by atoms with Gasteiger partial charge in [0.1, 0.15) is 23.3 Å². The number of rotatable bonds is 10. The first-order chi connectivity index (χ1) is 23.9. The lowest BCUT2D eigenvalue weighted by Gasteiger charge is -2.29. The van der Waals surface area contributed by atoms with Crippen LogP contribution in [0.4, 0.5) is 23.2 Å². The van der Waals surface area contributed by atoms with E-state index in [4.69, 9.17) is 9.47 Å². The molecule has 0 atom stereocenters. The minimum Gasteiger partial charge on any atom is -0.372 e. The molecule has 2 aromatic heterocycles. The third kappa shape index (κ3) is 11.1. The van der Waals surface area contributed by atoms with Crippen LogP contribution in [0.5, 0.6) is 0 Å². The van der Waals surface area contributed by atoms with E-state index in [1.54, 1.807) is 24.5 Å². The summed E-state index contributed by atoms with van der Waals surface area (Å²) in [7, 11) is -3.40. The molecule has 0 radical (unpaired) electrons. The van der Waals surface area contributed by atoms with Gasteiger partial charge in [-0.05, 0) is 151 Å². The van der Waals surface area contributed by atoms with Crippen molar-refractivity contribution in [2.75, 3.05) is 11.0 Å². The van der Waals surface area contributed by atoms with Gasteiger partial charge in [-0.3, -0.25) is 14.7 Å². The fraction of sp³-hybridized carbons (Fsp3) is 0.405. The van der Waals surface area contributed by atoms with E-state index >= 15 is 0 Å². The Hall–Kier alpha value is -3.39. The van der Waals surface area contributed by atoms with Crippen LogP contribution in [0, 0.1) is 23.3 Å². The van der Waals surface area contributed by atoms with Gasteiger partial charge in [0.2, 0.25) is 10.0 Å². The minimum absolute atomic E-state index is 0.0159. The lowest BCUT2D eigenvalue weighted by Crippen LogP contribution is -2.22. The number of hydrogen-bond acceptors (Lipinski definition) is 6. The van der Waals surface area contributed by atoms with E-state index in [0.717, 1.165) is 67.1 Å². The normalized spacial score (nSPS) is 20.8. The highest BCUT2D eigenvalue weighted by Gasteiger charge is 2.27. The maximum atomic E-state index is 13.9. The Morgan fingerprint density at radius 2 is 1.16 bits per heavy atom. The lowest BCUT2D eigenvalue weighted by molar-refractivity contribution is 0.0113. The molecule has 2 aliphatic rings. The zero-order valence-corrected chi connectivity index (χ0v) is 30.0. The molecule has 6 rings (SSSR count). The van der Waals surface area contributed by atoms with Gasteiger partial charge in [0.05, 0.1) is 48.8 Å². The Morgan fingerprint density at radius 1 is 0.700 bits per heavy atom. The number of pyridine rings is 2. The molecule has 0 aliphatic heterocycles. The van der Waals surface area contributed by atoms with Gasteiger partial charge < -0.3 is 9.47 Å². The second-order valence-electron chi connectivity index (χ2n) is 12.7. The Bertz CT molecular complexity index is 1840. The Balaban J connectivity index is 0.000000197. The van der Waals surface area contributed by atoms with Crippen molar-refractivity contribution in [2.45, 2.75) is 88.6 Å². The number of hydrogen-bond donors (Lipinski definition) is 1. The summed E-state index contributed by atoms with van der Waals surface area (Å²) >= 11 is 3.46. The third-order valence-corrected chi connectivity index (χ3v) is 10.4. The molecule has 4 aromatic rings. The van der Waals surface area contributed by atoms with E-state index in [2.05, 4.69) is 30.6 Å². The van der Waals surface area contributed by atoms with Gasteiger partial charge in [-0.25, -0.2) is 26.0 Å². The second kappa shape index (κ2) is 17.7. The van der Waals surface area contributed by atoms with Crippen molar-refractivity contribution in [3.05, 3.63) is 123 Å². The highest BCUT2D eigenvalue weighted by atomic mass is 79.9. The number of benzene rings is 2. The summed E-state index contributed by atoms with van der Waals surface area (Å²) in [5.41, 5.74) is 2.72. The first-order valence-corrected chi connectivity index (χ1v) is 19.3. The number of nitrogens with one attached hydrogen (secondary N) is 1. The SMILES string of the molecule is CS(=O)(=O)Nc1cccnc1COC1CCC(c2cc(F)ccc2F)CC1.Fc1ccc(F)c(C2CCC(OCc3ncccc3Br)CC2)c1. The van der Waals surface area contributed by atoms with Crippen LogP contribution in [-0.4, -0.2) is 36.8 Å². The molecular weight excluding hydrogens is 738 g/mol. The van der Waals surface area contributed by atoms with E-state index in [1.807, 2.05) is 12.1 Å². The molecule has 0 saturated heterocycles. The molecule has 0 spiro atoms. The zero-order chi connectivity index (χ0) is 35.7. The molecule has 268 valence electrons. The molecule has 2 saturated carbocycles. The first-order valence-electron chi connectivity index (χ1n) is 16.6. The number of ether oxygens (including phenoxy) is 2. The maximum Gasteiger partial charge on any atom is 0.229 e. The van der Waals surface area contributed by atoms with Gasteiger partial charge in [-0.2, -0.15) is 0 Å². The largest absolute Gasteiger partial charge is 0.372 e. The van der Waals surface area contributed by atoms with Gasteiger partial charge in [0.25, 0.3) is 0 Å². The van der Waals surface area contributed by atoms with Crippen LogP contribution in [-0.2, 0) is 32.7 Å². The van der Waals surface area contributed by atoms with Crippen LogP contribution < -0.4 is 4.72 Å². The standard InChI is InChI=1S/C19H22F2N2O3S.C18H18BrF2NO/c1-27(24,25)23-18-3-2-10-22-19(18)12-26-15-7-4-13(5-8-15)16-11-14(20)6-9-17(16)21;19-16-2-1-9-22-18(16)11-23-14-6-3-12(4-7-14)15-10-13(20)5-8-17(15)21/h2-3,6,9-11,13,15,23H,4-5,7-8,12H2,1H3;1-2,5,8-10,12,14H,3-4,6-7,11H2. The average molecular weight is 779 g/mol. The van der Waals surface area contributed by atoms with Gasteiger partial charge in [-0.15, -0.1) is 0 Å². The molecule has 0 amide bonds. The topological polar surface area (TPSA) is 90.4 Å². The lowest BCUT2D eigenvalue weighted by atomic mass is 9.82. The van der Waals surface area contributed by atoms with Crippen molar-refractivity contribution >= 4 is 31.6 Å². The van der Waals surface area contributed by atoms with Gasteiger partial charge in [0.15, 0.2) is 0 Å². The number of anilines is 1. The number of nitrogens with zero attached hydrogens (tertiary/aromatic N) is 2. The van der Waals surface area contributed by atoms with Crippen LogP contribution in [0.3, 0.4) is 0 Å². The molecule has 1 N–H and O–H groups in total. The minimum atomic E-state index is -3.40. The smallest absolute Gasteiger partial charge is 0.229 e. The van der Waals surface area contributed by atoms with Crippen LogP contribution in [0.2, 0.25) is 0 Å². The Morgan fingerprint density at radius 3 is 1.64 bits per heavy atom. The molecule has 0 unspecified atom stereocenters. The van der Waals surface area contributed by atoms with E-state index < -0.39 is 15.8 Å². The van der Waals surface area contributed by atoms with Crippen molar-refractivity contribution in [3.8, 4) is 0 Å². The Kier molecular flexibility index (Phi) is 13.4. The average Bonchev–Trinajstić information content (AvgIpc) is 3.10. The van der Waals surface area contributed by atoms with E-state index in [9.17, 15) is 26.0 Å². The van der Waals surface area contributed by atoms with E-state index in [0.29, 0.717) is 42.0 Å². The Labute approximate surface area is 299 Å². The summed E-state index contributed by atoms with van der Waals surface area (Å²) in [6.45, 7) is 0.646. The molecule has 13 heteroatoms. The van der Waals surface area contributed by atoms with Crippen LogP contribution in [0.25, 0.3) is 0 Å². The van der Waals surface area contributed by atoms with Crippen LogP contribution >= 0.6 is 15.9 Å². The number of halogens is 5. The molecule has 2 heterocycles. The third-order valence-electron chi connectivity index (χ3n) is 9.08. The van der Waals surface area contributed by atoms with Crippen molar-refractivity contribution in [1.82, 2.24) is 9.97 Å². The number of sulfonamides is 1. The summed E-state index contributed by atoms with van der Waals surface area (Å²) in [5.74, 6) is -1.42. The molecule has 0 bridgehead atoms. The fourth-order valence-corrected chi connectivity index (χ4v) is 7.45. The van der Waals surface area contributed by atoms with Crippen LogP contribution in [0.15, 0.2) is 77.5 Å². The fourth-order valence-electron chi connectivity index (χ4n) is 6.50. The summed E-state index contributed by atoms with van der Waals surface area (Å²) in [6, 6.07) is 14.4. The predicted octanol–water partition coefficient (Wildman–Crippen LogP) is 9.34. The van der Waals surface area contributed by atoms with Gasteiger partial charge in [0, 0.05) is 16.9 Å². The molecule has 7 nitrogen and oxygen atoms in total. The number of aromatic nitrogens is 2. The van der Waals surface area contributed by atoms with Crippen molar-refractivity contribution in [1.29, 1.82) is 0 Å². The molecule has 2 aromatic carbocycles. The van der Waals surface area contributed by atoms with Crippen LogP contribution in [0.1, 0.15) is 85.7 Å². The maximum absolute atomic E-state index is 13.9. The second-order valence-corrected chi connectivity index (χ2v) is 15.3. The highest BCUT2D eigenvalue weighted by molar-refractivity contribution is 9.10. The predicted molar refractivity (Wildman–Crippen MR) is 187 cm³/mol. The van der Waals surface area contributed by atoms with Gasteiger partial charge >= 0.3 is 0 Å². The van der Waals surface area contributed by atoms with Crippen molar-refractivity contribution in [2.24, 2.45) is 0 Å². The van der Waals surface area contributed by atoms with Gasteiger partial charge in [-0.1, -0.05) is 0 Å². The van der Waals surface area contributed by atoms with E-state index in [-0.39, 0.29) is 48.1 Å². The first kappa shape index (κ1) is 37.9. The van der Waals surface area contributed by atoms with E-state index in [1.165, 1.54) is 24.3 Å². The van der Waals surface area contributed by atoms with Crippen molar-refractivity contribution < 1.29 is 35.5 Å². The zero-order valence-electron chi connectivity index (χ0n) is 27.6. The summed E-state index contributed by atoms with van der Waals surface area (Å²) in [6.07, 6.45) is 10.7. The summed E-state index contributed by atoms with van der Waals surface area (Å²) in [4.78, 5) is 8.47. The summed E-state index contributed by atoms with van der Waals surface area (Å²) < 4.78 is 92.6. The molecule has 2 fully saturated rings. The quantitative estimate of drug-likeness (QED) is 0.162. The summed E-state index contributed by atoms with van der Waals surface area (Å²) in [5, 5.41) is 0. The monoisotopic (exact) mass is 777 g/mol.